The Morgan fingerprint density at radius 3 is 2.52 bits per heavy atom. The zero-order chi connectivity index (χ0) is 19.2. The van der Waals surface area contributed by atoms with Gasteiger partial charge >= 0.3 is 6.18 Å². The van der Waals surface area contributed by atoms with Gasteiger partial charge in [-0.15, -0.1) is 0 Å². The van der Waals surface area contributed by atoms with Gasteiger partial charge in [-0.3, -0.25) is 0 Å². The molecule has 0 aliphatic carbocycles. The van der Waals surface area contributed by atoms with Gasteiger partial charge in [-0.1, -0.05) is 54.6 Å². The summed E-state index contributed by atoms with van der Waals surface area (Å²) in [7, 11) is 0. The number of nitriles is 1. The van der Waals surface area contributed by atoms with E-state index in [1.54, 1.807) is 12.1 Å². The highest BCUT2D eigenvalue weighted by atomic mass is 19.4. The molecule has 0 saturated carbocycles. The number of allylic oxidation sites excluding steroid dienone is 1. The maximum absolute atomic E-state index is 13.2. The van der Waals surface area contributed by atoms with Gasteiger partial charge in [-0.2, -0.15) is 18.4 Å². The predicted molar refractivity (Wildman–Crippen MR) is 94.7 cm³/mol. The third-order valence-corrected chi connectivity index (χ3v) is 4.65. The third-order valence-electron chi connectivity index (χ3n) is 4.65. The van der Waals surface area contributed by atoms with Crippen LogP contribution in [-0.4, -0.2) is 0 Å². The number of ether oxygens (including phenoxy) is 1. The Balaban J connectivity index is 1.98. The van der Waals surface area contributed by atoms with E-state index in [9.17, 15) is 18.4 Å². The van der Waals surface area contributed by atoms with Crippen molar-refractivity contribution in [1.29, 1.82) is 5.26 Å². The molecule has 1 aliphatic heterocycles. The van der Waals surface area contributed by atoms with E-state index in [-0.39, 0.29) is 11.5 Å². The summed E-state index contributed by atoms with van der Waals surface area (Å²) in [5, 5.41) is 11.3. The number of alkyl halides is 3. The number of nitrogens with zero attached hydrogens (tertiary/aromatic N) is 1. The number of hydrogen-bond acceptors (Lipinski definition) is 3. The molecule has 0 radical (unpaired) electrons. The number of rotatable bonds is 1. The van der Waals surface area contributed by atoms with Crippen molar-refractivity contribution in [3.05, 3.63) is 88.8 Å². The fraction of sp³-hybridized carbons (Fsp3) is 0.0952. The van der Waals surface area contributed by atoms with E-state index < -0.39 is 17.7 Å². The van der Waals surface area contributed by atoms with Gasteiger partial charge in [-0.25, -0.2) is 0 Å². The summed E-state index contributed by atoms with van der Waals surface area (Å²) >= 11 is 0. The van der Waals surface area contributed by atoms with Crippen molar-refractivity contribution in [2.45, 2.75) is 12.1 Å². The SMILES string of the molecule is N#CC1=C(N)Oc2c(ccc3ccccc23)C1c1cccc(C(F)(F)F)c1. The van der Waals surface area contributed by atoms with E-state index in [0.29, 0.717) is 16.9 Å². The van der Waals surface area contributed by atoms with Crippen molar-refractivity contribution in [3.63, 3.8) is 0 Å². The van der Waals surface area contributed by atoms with Gasteiger partial charge in [0.1, 0.15) is 17.4 Å². The summed E-state index contributed by atoms with van der Waals surface area (Å²) in [6, 6.07) is 18.0. The molecule has 0 aromatic heterocycles. The van der Waals surface area contributed by atoms with Crippen molar-refractivity contribution < 1.29 is 17.9 Å². The molecule has 1 atom stereocenters. The number of nitrogens with two attached hydrogens (primary N) is 1. The fourth-order valence-electron chi connectivity index (χ4n) is 3.42. The Kier molecular flexibility index (Phi) is 3.81. The smallest absolute Gasteiger partial charge is 0.416 e. The Labute approximate surface area is 153 Å². The Hall–Kier alpha value is -3.46. The van der Waals surface area contributed by atoms with E-state index in [1.165, 1.54) is 6.07 Å². The molecule has 6 heteroatoms. The molecule has 1 aliphatic rings. The number of benzene rings is 3. The van der Waals surface area contributed by atoms with Crippen molar-refractivity contribution in [2.75, 3.05) is 0 Å². The highest BCUT2D eigenvalue weighted by molar-refractivity contribution is 5.90. The topological polar surface area (TPSA) is 59.0 Å². The quantitative estimate of drug-likeness (QED) is 0.654. The van der Waals surface area contributed by atoms with Crippen LogP contribution in [0.1, 0.15) is 22.6 Å². The zero-order valence-electron chi connectivity index (χ0n) is 13.9. The lowest BCUT2D eigenvalue weighted by molar-refractivity contribution is -0.137. The lowest BCUT2D eigenvalue weighted by atomic mass is 9.82. The largest absolute Gasteiger partial charge is 0.440 e. The molecule has 27 heavy (non-hydrogen) atoms. The summed E-state index contributed by atoms with van der Waals surface area (Å²) in [5.41, 5.74) is 6.23. The first-order valence-corrected chi connectivity index (χ1v) is 8.16. The molecular formula is C21H13F3N2O. The van der Waals surface area contributed by atoms with Crippen LogP contribution in [0.5, 0.6) is 5.75 Å². The molecule has 3 aromatic rings. The molecule has 0 fully saturated rings. The molecule has 0 saturated heterocycles. The van der Waals surface area contributed by atoms with Crippen molar-refractivity contribution in [2.24, 2.45) is 5.73 Å². The summed E-state index contributed by atoms with van der Waals surface area (Å²) in [6.45, 7) is 0. The summed E-state index contributed by atoms with van der Waals surface area (Å²) in [5.74, 6) is -0.360. The first kappa shape index (κ1) is 17.0. The normalized spacial score (nSPS) is 16.6. The number of fused-ring (bicyclic) bond motifs is 3. The van der Waals surface area contributed by atoms with Gasteiger partial charge in [0.15, 0.2) is 0 Å². The first-order chi connectivity index (χ1) is 12.9. The van der Waals surface area contributed by atoms with E-state index in [4.69, 9.17) is 10.5 Å². The number of hydrogen-bond donors (Lipinski definition) is 1. The highest BCUT2D eigenvalue weighted by Crippen LogP contribution is 2.46. The maximum atomic E-state index is 13.2. The van der Waals surface area contributed by atoms with Crippen LogP contribution in [0.25, 0.3) is 10.8 Å². The Morgan fingerprint density at radius 2 is 1.78 bits per heavy atom. The molecular weight excluding hydrogens is 353 g/mol. The van der Waals surface area contributed by atoms with Gasteiger partial charge in [0.25, 0.3) is 0 Å². The molecule has 1 unspecified atom stereocenters. The molecule has 0 bridgehead atoms. The number of halogens is 3. The van der Waals surface area contributed by atoms with Crippen LogP contribution in [-0.2, 0) is 6.18 Å². The van der Waals surface area contributed by atoms with Crippen LogP contribution in [0.3, 0.4) is 0 Å². The van der Waals surface area contributed by atoms with Gasteiger partial charge in [-0.05, 0) is 17.0 Å². The van der Waals surface area contributed by atoms with Crippen LogP contribution in [0.4, 0.5) is 13.2 Å². The van der Waals surface area contributed by atoms with Crippen molar-refractivity contribution >= 4 is 10.8 Å². The molecule has 0 spiro atoms. The van der Waals surface area contributed by atoms with Crippen LogP contribution >= 0.6 is 0 Å². The molecule has 0 amide bonds. The van der Waals surface area contributed by atoms with E-state index in [1.807, 2.05) is 36.4 Å². The van der Waals surface area contributed by atoms with Crippen molar-refractivity contribution in [3.8, 4) is 11.8 Å². The second-order valence-electron chi connectivity index (χ2n) is 6.25. The van der Waals surface area contributed by atoms with E-state index in [0.717, 1.165) is 22.9 Å². The minimum Gasteiger partial charge on any atom is -0.440 e. The lowest BCUT2D eigenvalue weighted by Gasteiger charge is -2.27. The minimum atomic E-state index is -4.48. The van der Waals surface area contributed by atoms with Crippen LogP contribution in [0, 0.1) is 11.3 Å². The van der Waals surface area contributed by atoms with Gasteiger partial charge < -0.3 is 10.5 Å². The molecule has 3 nitrogen and oxygen atoms in total. The summed E-state index contributed by atoms with van der Waals surface area (Å²) in [4.78, 5) is 0. The molecule has 3 aromatic carbocycles. The third kappa shape index (κ3) is 2.77. The lowest BCUT2D eigenvalue weighted by Crippen LogP contribution is -2.21. The van der Waals surface area contributed by atoms with Crippen LogP contribution in [0.15, 0.2) is 72.1 Å². The first-order valence-electron chi connectivity index (χ1n) is 8.16. The van der Waals surface area contributed by atoms with Gasteiger partial charge in [0.2, 0.25) is 5.88 Å². The maximum Gasteiger partial charge on any atom is 0.416 e. The fourth-order valence-corrected chi connectivity index (χ4v) is 3.42. The Morgan fingerprint density at radius 1 is 1.00 bits per heavy atom. The van der Waals surface area contributed by atoms with E-state index >= 15 is 0 Å². The van der Waals surface area contributed by atoms with Crippen LogP contribution < -0.4 is 10.5 Å². The average molecular weight is 366 g/mol. The van der Waals surface area contributed by atoms with Gasteiger partial charge in [0, 0.05) is 10.9 Å². The van der Waals surface area contributed by atoms with Gasteiger partial charge in [0.05, 0.1) is 11.5 Å². The second-order valence-corrected chi connectivity index (χ2v) is 6.25. The molecule has 1 heterocycles. The average Bonchev–Trinajstić information content (AvgIpc) is 2.66. The highest BCUT2D eigenvalue weighted by Gasteiger charge is 2.35. The minimum absolute atomic E-state index is 0.0937. The second kappa shape index (κ2) is 6.06. The zero-order valence-corrected chi connectivity index (χ0v) is 13.9. The predicted octanol–water partition coefficient (Wildman–Crippen LogP) is 5.08. The van der Waals surface area contributed by atoms with Crippen LogP contribution in [0.2, 0.25) is 0 Å². The summed E-state index contributed by atoms with van der Waals surface area (Å²) < 4.78 is 45.2. The van der Waals surface area contributed by atoms with Crippen molar-refractivity contribution in [1.82, 2.24) is 0 Å². The standard InChI is InChI=1S/C21H13F3N2O/c22-21(23,24)14-6-3-5-13(10-14)18-16-9-8-12-4-1-2-7-15(12)19(16)27-20(26)17(18)11-25/h1-10,18H,26H2. The van der Waals surface area contributed by atoms with E-state index in [2.05, 4.69) is 0 Å². The summed E-state index contributed by atoms with van der Waals surface area (Å²) in [6.07, 6.45) is -4.48. The monoisotopic (exact) mass is 366 g/mol. The molecule has 2 N–H and O–H groups in total. The Bertz CT molecular complexity index is 1130. The molecule has 4 rings (SSSR count). The molecule has 134 valence electrons.